The minimum absolute atomic E-state index is 0.0786. The number of anilines is 1. The van der Waals surface area contributed by atoms with Crippen LogP contribution in [0.1, 0.15) is 28.8 Å². The molecule has 10 heteroatoms. The van der Waals surface area contributed by atoms with Crippen molar-refractivity contribution in [3.8, 4) is 5.75 Å². The molecule has 0 aliphatic carbocycles. The van der Waals surface area contributed by atoms with E-state index >= 15 is 0 Å². The standard InChI is InChI=1S/C21H18ClF3N2O3S/c1-29-16-8-7-15(22)18-17(16)26-20(31-18)27(11-14-6-3-9-30-14)19(28)12-4-2-5-13(10-12)21(23,24)25/h2,4-5,7-8,10,14H,3,6,9,11H2,1H3. The van der Waals surface area contributed by atoms with Crippen LogP contribution in [-0.4, -0.2) is 37.3 Å². The van der Waals surface area contributed by atoms with Crippen molar-refractivity contribution in [1.82, 2.24) is 4.98 Å². The Balaban J connectivity index is 1.77. The molecule has 4 rings (SSSR count). The Morgan fingerprint density at radius 3 is 2.84 bits per heavy atom. The van der Waals surface area contributed by atoms with Crippen molar-refractivity contribution < 1.29 is 27.4 Å². The van der Waals surface area contributed by atoms with Gasteiger partial charge in [-0.25, -0.2) is 4.98 Å². The predicted molar refractivity (Wildman–Crippen MR) is 113 cm³/mol. The van der Waals surface area contributed by atoms with Crippen molar-refractivity contribution in [2.45, 2.75) is 25.1 Å². The molecule has 1 aromatic heterocycles. The molecule has 2 aromatic carbocycles. The van der Waals surface area contributed by atoms with Crippen LogP contribution in [0.3, 0.4) is 0 Å². The minimum atomic E-state index is -4.55. The Labute approximate surface area is 185 Å². The maximum atomic E-state index is 13.3. The van der Waals surface area contributed by atoms with Gasteiger partial charge in [0.1, 0.15) is 11.3 Å². The molecule has 1 saturated heterocycles. The number of amides is 1. The molecule has 0 bridgehead atoms. The fourth-order valence-electron chi connectivity index (χ4n) is 3.45. The number of aromatic nitrogens is 1. The van der Waals surface area contributed by atoms with Crippen LogP contribution in [0.15, 0.2) is 36.4 Å². The second kappa shape index (κ2) is 8.64. The number of methoxy groups -OCH3 is 1. The number of fused-ring (bicyclic) bond motifs is 1. The third-order valence-electron chi connectivity index (χ3n) is 4.99. The molecule has 0 radical (unpaired) electrons. The highest BCUT2D eigenvalue weighted by Crippen LogP contribution is 2.39. The van der Waals surface area contributed by atoms with E-state index in [1.807, 2.05) is 0 Å². The Morgan fingerprint density at radius 1 is 1.35 bits per heavy atom. The molecule has 1 atom stereocenters. The van der Waals surface area contributed by atoms with Crippen LogP contribution in [0.25, 0.3) is 10.2 Å². The van der Waals surface area contributed by atoms with Crippen LogP contribution in [-0.2, 0) is 10.9 Å². The molecule has 1 amide bonds. The van der Waals surface area contributed by atoms with Crippen molar-refractivity contribution in [3.05, 3.63) is 52.5 Å². The van der Waals surface area contributed by atoms with Crippen LogP contribution in [0.4, 0.5) is 18.3 Å². The van der Waals surface area contributed by atoms with E-state index in [4.69, 9.17) is 21.1 Å². The molecular formula is C21H18ClF3N2O3S. The number of halogens is 4. The van der Waals surface area contributed by atoms with E-state index in [9.17, 15) is 18.0 Å². The maximum Gasteiger partial charge on any atom is 0.416 e. The summed E-state index contributed by atoms with van der Waals surface area (Å²) in [6, 6.07) is 7.71. The second-order valence-electron chi connectivity index (χ2n) is 7.05. The average Bonchev–Trinajstić information content (AvgIpc) is 3.42. The molecule has 31 heavy (non-hydrogen) atoms. The maximum absolute atomic E-state index is 13.3. The number of thiazole rings is 1. The summed E-state index contributed by atoms with van der Waals surface area (Å²) in [5, 5.41) is 0.766. The Kier molecular flexibility index (Phi) is 6.09. The van der Waals surface area contributed by atoms with Gasteiger partial charge in [-0.15, -0.1) is 0 Å². The first-order valence-electron chi connectivity index (χ1n) is 9.51. The predicted octanol–water partition coefficient (Wildman–Crippen LogP) is 5.80. The number of benzene rings is 2. The zero-order valence-electron chi connectivity index (χ0n) is 16.4. The average molecular weight is 471 g/mol. The Hall–Kier alpha value is -2.36. The quantitative estimate of drug-likeness (QED) is 0.472. The van der Waals surface area contributed by atoms with Gasteiger partial charge in [-0.1, -0.05) is 29.0 Å². The monoisotopic (exact) mass is 470 g/mol. The van der Waals surface area contributed by atoms with E-state index < -0.39 is 17.6 Å². The summed E-state index contributed by atoms with van der Waals surface area (Å²) in [6.07, 6.45) is -3.16. The summed E-state index contributed by atoms with van der Waals surface area (Å²) in [5.74, 6) is -0.0961. The van der Waals surface area contributed by atoms with Crippen LogP contribution in [0.5, 0.6) is 5.75 Å². The lowest BCUT2D eigenvalue weighted by Crippen LogP contribution is -2.37. The first-order chi connectivity index (χ1) is 14.8. The molecule has 1 fully saturated rings. The summed E-state index contributed by atoms with van der Waals surface area (Å²) in [5.41, 5.74) is -0.473. The third kappa shape index (κ3) is 4.49. The fourth-order valence-corrected chi connectivity index (χ4v) is 4.71. The zero-order valence-corrected chi connectivity index (χ0v) is 18.0. The van der Waals surface area contributed by atoms with Crippen LogP contribution in [0, 0.1) is 0 Å². The lowest BCUT2D eigenvalue weighted by atomic mass is 10.1. The largest absolute Gasteiger partial charge is 0.494 e. The first-order valence-corrected chi connectivity index (χ1v) is 10.7. The van der Waals surface area contributed by atoms with Gasteiger partial charge in [0.15, 0.2) is 5.13 Å². The van der Waals surface area contributed by atoms with E-state index in [-0.39, 0.29) is 18.2 Å². The van der Waals surface area contributed by atoms with E-state index in [0.29, 0.717) is 32.7 Å². The fraction of sp³-hybridized carbons (Fsp3) is 0.333. The Morgan fingerprint density at radius 2 is 2.16 bits per heavy atom. The lowest BCUT2D eigenvalue weighted by Gasteiger charge is -2.23. The molecule has 5 nitrogen and oxygen atoms in total. The van der Waals surface area contributed by atoms with Gasteiger partial charge in [-0.05, 0) is 43.2 Å². The van der Waals surface area contributed by atoms with Gasteiger partial charge in [-0.3, -0.25) is 9.69 Å². The van der Waals surface area contributed by atoms with Crippen molar-refractivity contribution in [2.24, 2.45) is 0 Å². The topological polar surface area (TPSA) is 51.7 Å². The van der Waals surface area contributed by atoms with Crippen molar-refractivity contribution >= 4 is 44.2 Å². The highest BCUT2D eigenvalue weighted by atomic mass is 35.5. The number of carbonyl (C=O) groups is 1. The van der Waals surface area contributed by atoms with Gasteiger partial charge in [0.2, 0.25) is 0 Å². The van der Waals surface area contributed by atoms with Gasteiger partial charge in [-0.2, -0.15) is 13.2 Å². The number of hydrogen-bond donors (Lipinski definition) is 0. The van der Waals surface area contributed by atoms with E-state index in [1.165, 1.54) is 35.5 Å². The third-order valence-corrected chi connectivity index (χ3v) is 6.53. The van der Waals surface area contributed by atoms with Crippen LogP contribution in [0.2, 0.25) is 5.02 Å². The number of carbonyl (C=O) groups excluding carboxylic acids is 1. The number of alkyl halides is 3. The Bertz CT molecular complexity index is 1110. The van der Waals surface area contributed by atoms with Gasteiger partial charge >= 0.3 is 6.18 Å². The van der Waals surface area contributed by atoms with Gasteiger partial charge < -0.3 is 9.47 Å². The number of rotatable bonds is 5. The summed E-state index contributed by atoms with van der Waals surface area (Å²) in [6.45, 7) is 0.755. The molecule has 0 N–H and O–H groups in total. The molecule has 164 valence electrons. The van der Waals surface area contributed by atoms with Crippen molar-refractivity contribution in [3.63, 3.8) is 0 Å². The van der Waals surface area contributed by atoms with Gasteiger partial charge in [0.25, 0.3) is 5.91 Å². The normalized spacial score (nSPS) is 16.6. The molecule has 0 spiro atoms. The summed E-state index contributed by atoms with van der Waals surface area (Å²) >= 11 is 7.49. The highest BCUT2D eigenvalue weighted by molar-refractivity contribution is 7.23. The smallest absolute Gasteiger partial charge is 0.416 e. The van der Waals surface area contributed by atoms with E-state index in [2.05, 4.69) is 4.98 Å². The van der Waals surface area contributed by atoms with Gasteiger partial charge in [0, 0.05) is 12.2 Å². The zero-order chi connectivity index (χ0) is 22.2. The van der Waals surface area contributed by atoms with E-state index in [1.54, 1.807) is 12.1 Å². The lowest BCUT2D eigenvalue weighted by molar-refractivity contribution is -0.137. The molecule has 3 aromatic rings. The molecular weight excluding hydrogens is 453 g/mol. The van der Waals surface area contributed by atoms with Crippen LogP contribution < -0.4 is 9.64 Å². The molecule has 1 aliphatic rings. The molecule has 0 saturated carbocycles. The number of hydrogen-bond acceptors (Lipinski definition) is 5. The molecule has 2 heterocycles. The molecule has 1 unspecified atom stereocenters. The highest BCUT2D eigenvalue weighted by Gasteiger charge is 2.33. The summed E-state index contributed by atoms with van der Waals surface area (Å²) < 4.78 is 51.1. The van der Waals surface area contributed by atoms with Crippen molar-refractivity contribution in [2.75, 3.05) is 25.2 Å². The summed E-state index contributed by atoms with van der Waals surface area (Å²) in [4.78, 5) is 19.2. The SMILES string of the molecule is COc1ccc(Cl)c2sc(N(CC3CCCO3)C(=O)c3cccc(C(F)(F)F)c3)nc12. The second-order valence-corrected chi connectivity index (χ2v) is 8.44. The van der Waals surface area contributed by atoms with Crippen molar-refractivity contribution in [1.29, 1.82) is 0 Å². The van der Waals surface area contributed by atoms with E-state index in [0.717, 1.165) is 25.0 Å². The minimum Gasteiger partial charge on any atom is -0.494 e. The number of nitrogens with zero attached hydrogens (tertiary/aromatic N) is 2. The van der Waals surface area contributed by atoms with Crippen LogP contribution >= 0.6 is 22.9 Å². The molecule has 1 aliphatic heterocycles. The summed E-state index contributed by atoms with van der Waals surface area (Å²) in [7, 11) is 1.50. The van der Waals surface area contributed by atoms with Gasteiger partial charge in [0.05, 0.1) is 35.0 Å². The first kappa shape index (κ1) is 21.9. The number of ether oxygens (including phenoxy) is 2.